The van der Waals surface area contributed by atoms with Crippen molar-refractivity contribution in [3.63, 3.8) is 0 Å². The lowest BCUT2D eigenvalue weighted by Gasteiger charge is -2.34. The van der Waals surface area contributed by atoms with Crippen molar-refractivity contribution in [2.24, 2.45) is 5.92 Å². The molecular weight excluding hydrogens is 503 g/mol. The Bertz CT molecular complexity index is 1010. The van der Waals surface area contributed by atoms with Crippen LogP contribution in [0.2, 0.25) is 0 Å². The van der Waals surface area contributed by atoms with E-state index in [-0.39, 0.29) is 18.7 Å². The second-order valence-corrected chi connectivity index (χ2v) is 10.9. The molecule has 1 amide bonds. The summed E-state index contributed by atoms with van der Waals surface area (Å²) in [4.78, 5) is 17.4. The third kappa shape index (κ3) is 9.36. The molecular formula is C29H45FN4O5. The van der Waals surface area contributed by atoms with E-state index in [0.717, 1.165) is 42.8 Å². The molecule has 39 heavy (non-hydrogen) atoms. The van der Waals surface area contributed by atoms with E-state index in [1.54, 1.807) is 12.1 Å². The number of aryl methyl sites for hydroxylation is 2. The number of aliphatic hydroxyl groups is 2. The summed E-state index contributed by atoms with van der Waals surface area (Å²) in [6, 6.07) is 5.90. The molecule has 1 aromatic heterocycles. The van der Waals surface area contributed by atoms with Crippen LogP contribution in [-0.4, -0.2) is 100 Å². The van der Waals surface area contributed by atoms with Gasteiger partial charge in [-0.25, -0.2) is 4.39 Å². The zero-order valence-electron chi connectivity index (χ0n) is 23.7. The molecule has 9 nitrogen and oxygen atoms in total. The number of carbonyl (C=O) groups is 1. The van der Waals surface area contributed by atoms with Crippen molar-refractivity contribution >= 4 is 5.91 Å². The molecule has 0 unspecified atom stereocenters. The summed E-state index contributed by atoms with van der Waals surface area (Å²) < 4.78 is 26.4. The minimum atomic E-state index is -1.27. The normalized spacial score (nSPS) is 22.7. The van der Waals surface area contributed by atoms with Gasteiger partial charge in [0.15, 0.2) is 0 Å². The summed E-state index contributed by atoms with van der Waals surface area (Å²) in [5.41, 5.74) is 3.02. The average molecular weight is 549 g/mol. The number of hydrogen-bond acceptors (Lipinski definition) is 7. The summed E-state index contributed by atoms with van der Waals surface area (Å²) in [5.74, 6) is -0.700. The van der Waals surface area contributed by atoms with Crippen molar-refractivity contribution in [2.75, 3.05) is 46.0 Å². The van der Waals surface area contributed by atoms with Gasteiger partial charge in [-0.15, -0.1) is 0 Å². The molecule has 0 radical (unpaired) electrons. The fourth-order valence-electron chi connectivity index (χ4n) is 4.67. The van der Waals surface area contributed by atoms with Gasteiger partial charge in [-0.1, -0.05) is 26.0 Å². The van der Waals surface area contributed by atoms with Gasteiger partial charge in [-0.2, -0.15) is 5.10 Å². The lowest BCUT2D eigenvalue weighted by atomic mass is 10.1. The number of amides is 1. The van der Waals surface area contributed by atoms with E-state index in [1.807, 2.05) is 13.8 Å². The minimum absolute atomic E-state index is 0.00109. The second-order valence-electron chi connectivity index (χ2n) is 10.9. The van der Waals surface area contributed by atoms with Gasteiger partial charge >= 0.3 is 0 Å². The van der Waals surface area contributed by atoms with Crippen molar-refractivity contribution in [2.45, 2.75) is 71.8 Å². The first-order chi connectivity index (χ1) is 18.7. The van der Waals surface area contributed by atoms with E-state index in [4.69, 9.17) is 9.47 Å². The Morgan fingerprint density at radius 3 is 2.67 bits per heavy atom. The standard InChI is InChI=1S/C29H45FN4O5/c1-20(2)11-16-39-27-18-34(29(37)23-9-5-6-10-25(23)30)14-13-33(17-24-21(3)31-32-22(24)4)12-7-8-15-38-19-26(35)28(27)36/h5-6,9-10,20,26-28,35-36H,7-8,11-19H2,1-4H3,(H,31,32)/t26-,27-,28-/m1/s1. The van der Waals surface area contributed by atoms with Crippen molar-refractivity contribution in [1.82, 2.24) is 20.0 Å². The molecule has 10 heteroatoms. The van der Waals surface area contributed by atoms with Crippen molar-refractivity contribution < 1.29 is 28.9 Å². The number of nitrogens with one attached hydrogen (secondary N) is 1. The van der Waals surface area contributed by atoms with Gasteiger partial charge in [-0.3, -0.25) is 14.8 Å². The van der Waals surface area contributed by atoms with Crippen LogP contribution < -0.4 is 0 Å². The number of aromatic nitrogens is 2. The smallest absolute Gasteiger partial charge is 0.256 e. The number of aliphatic hydroxyl groups excluding tert-OH is 2. The maximum absolute atomic E-state index is 14.7. The average Bonchev–Trinajstić information content (AvgIpc) is 3.22. The molecule has 0 saturated carbocycles. The maximum Gasteiger partial charge on any atom is 0.256 e. The van der Waals surface area contributed by atoms with Gasteiger partial charge < -0.3 is 24.6 Å². The van der Waals surface area contributed by atoms with E-state index in [9.17, 15) is 19.4 Å². The van der Waals surface area contributed by atoms with E-state index < -0.39 is 30.0 Å². The van der Waals surface area contributed by atoms with Crippen molar-refractivity contribution in [1.29, 1.82) is 0 Å². The molecule has 3 atom stereocenters. The van der Waals surface area contributed by atoms with Gasteiger partial charge in [-0.05, 0) is 57.7 Å². The van der Waals surface area contributed by atoms with Gasteiger partial charge in [0.25, 0.3) is 5.91 Å². The number of carbonyl (C=O) groups excluding carboxylic acids is 1. The van der Waals surface area contributed by atoms with Gasteiger partial charge in [0.2, 0.25) is 0 Å². The summed E-state index contributed by atoms with van der Waals surface area (Å²) in [6.45, 7) is 11.2. The number of rotatable bonds is 7. The van der Waals surface area contributed by atoms with Crippen molar-refractivity contribution in [3.05, 3.63) is 52.6 Å². The molecule has 1 saturated heterocycles. The maximum atomic E-state index is 14.7. The number of halogens is 1. The molecule has 1 aromatic carbocycles. The number of hydrogen-bond donors (Lipinski definition) is 3. The Labute approximate surface area is 231 Å². The monoisotopic (exact) mass is 548 g/mol. The number of ether oxygens (including phenoxy) is 2. The highest BCUT2D eigenvalue weighted by Gasteiger charge is 2.32. The molecule has 218 valence electrons. The molecule has 0 bridgehead atoms. The highest BCUT2D eigenvalue weighted by atomic mass is 19.1. The summed E-state index contributed by atoms with van der Waals surface area (Å²) in [6.07, 6.45) is -0.915. The lowest BCUT2D eigenvalue weighted by Crippen LogP contribution is -2.50. The van der Waals surface area contributed by atoms with E-state index >= 15 is 0 Å². The molecule has 0 aliphatic carbocycles. The highest BCUT2D eigenvalue weighted by molar-refractivity contribution is 5.94. The van der Waals surface area contributed by atoms with Crippen LogP contribution in [-0.2, 0) is 16.0 Å². The minimum Gasteiger partial charge on any atom is -0.388 e. The van der Waals surface area contributed by atoms with Gasteiger partial charge in [0.05, 0.1) is 17.9 Å². The molecule has 1 fully saturated rings. The molecule has 2 heterocycles. The van der Waals surface area contributed by atoms with Crippen LogP contribution in [0.4, 0.5) is 4.39 Å². The predicted molar refractivity (Wildman–Crippen MR) is 147 cm³/mol. The van der Waals surface area contributed by atoms with E-state index in [0.29, 0.717) is 38.8 Å². The van der Waals surface area contributed by atoms with Crippen LogP contribution in [0, 0.1) is 25.6 Å². The number of nitrogens with zero attached hydrogens (tertiary/aromatic N) is 3. The van der Waals surface area contributed by atoms with E-state index in [1.165, 1.54) is 17.0 Å². The van der Waals surface area contributed by atoms with Crippen LogP contribution in [0.5, 0.6) is 0 Å². The topological polar surface area (TPSA) is 111 Å². The Morgan fingerprint density at radius 2 is 1.97 bits per heavy atom. The predicted octanol–water partition coefficient (Wildman–Crippen LogP) is 3.07. The fraction of sp³-hybridized carbons (Fsp3) is 0.655. The number of benzene rings is 1. The molecule has 3 rings (SSSR count). The summed E-state index contributed by atoms with van der Waals surface area (Å²) >= 11 is 0. The third-order valence-corrected chi connectivity index (χ3v) is 7.24. The highest BCUT2D eigenvalue weighted by Crippen LogP contribution is 2.18. The van der Waals surface area contributed by atoms with Gasteiger partial charge in [0.1, 0.15) is 24.1 Å². The van der Waals surface area contributed by atoms with Gasteiger partial charge in [0, 0.05) is 50.7 Å². The zero-order chi connectivity index (χ0) is 28.4. The molecule has 0 spiro atoms. The molecule has 2 aromatic rings. The van der Waals surface area contributed by atoms with Crippen LogP contribution in [0.1, 0.15) is 60.4 Å². The Hall–Kier alpha value is -2.37. The fourth-order valence-corrected chi connectivity index (χ4v) is 4.67. The SMILES string of the molecule is Cc1n[nH]c(C)c1CN1CCCCOC[C@@H](O)[C@@H](O)[C@H](OCCC(C)C)CN(C(=O)c2ccccc2F)CC1. The first kappa shape index (κ1) is 31.2. The van der Waals surface area contributed by atoms with Crippen LogP contribution in [0.25, 0.3) is 0 Å². The Morgan fingerprint density at radius 1 is 1.21 bits per heavy atom. The number of H-pyrrole nitrogens is 1. The summed E-state index contributed by atoms with van der Waals surface area (Å²) in [7, 11) is 0. The number of aromatic amines is 1. The van der Waals surface area contributed by atoms with Crippen LogP contribution in [0.3, 0.4) is 0 Å². The quantitative estimate of drug-likeness (QED) is 0.488. The first-order valence-corrected chi connectivity index (χ1v) is 14.0. The van der Waals surface area contributed by atoms with E-state index in [2.05, 4.69) is 28.9 Å². The Balaban J connectivity index is 1.88. The molecule has 1 aliphatic heterocycles. The Kier molecular flexibility index (Phi) is 12.3. The first-order valence-electron chi connectivity index (χ1n) is 14.0. The van der Waals surface area contributed by atoms with Crippen molar-refractivity contribution in [3.8, 4) is 0 Å². The van der Waals surface area contributed by atoms with Crippen LogP contribution >= 0.6 is 0 Å². The third-order valence-electron chi connectivity index (χ3n) is 7.24. The lowest BCUT2D eigenvalue weighted by molar-refractivity contribution is -0.116. The largest absolute Gasteiger partial charge is 0.388 e. The summed E-state index contributed by atoms with van der Waals surface area (Å²) in [5, 5.41) is 29.0. The second kappa shape index (κ2) is 15.4. The zero-order valence-corrected chi connectivity index (χ0v) is 23.7. The van der Waals surface area contributed by atoms with Crippen LogP contribution in [0.15, 0.2) is 24.3 Å². The molecule has 1 aliphatic rings. The molecule has 3 N–H and O–H groups in total.